The average Bonchev–Trinajstić information content (AvgIpc) is 2.66. The van der Waals surface area contributed by atoms with Crippen molar-refractivity contribution in [3.05, 3.63) is 71.8 Å². The number of methoxy groups -OCH3 is 1. The number of ether oxygens (including phenoxy) is 1. The van der Waals surface area contributed by atoms with Crippen molar-refractivity contribution in [2.24, 2.45) is 5.92 Å². The first-order valence-electron chi connectivity index (χ1n) is 9.63. The van der Waals surface area contributed by atoms with Gasteiger partial charge in [-0.2, -0.15) is 0 Å². The summed E-state index contributed by atoms with van der Waals surface area (Å²) in [6.07, 6.45) is 9.91. The van der Waals surface area contributed by atoms with Crippen molar-refractivity contribution in [3.8, 4) is 0 Å². The van der Waals surface area contributed by atoms with Gasteiger partial charge in [0.2, 0.25) is 0 Å². The molecule has 0 spiro atoms. The van der Waals surface area contributed by atoms with Gasteiger partial charge < -0.3 is 4.74 Å². The number of benzene rings is 2. The van der Waals surface area contributed by atoms with Crippen LogP contribution < -0.4 is 0 Å². The zero-order chi connectivity index (χ0) is 17.7. The Morgan fingerprint density at radius 3 is 2.24 bits per heavy atom. The second-order valence-corrected chi connectivity index (χ2v) is 6.82. The van der Waals surface area contributed by atoms with Crippen LogP contribution in [0, 0.1) is 5.92 Å². The Kier molecular flexibility index (Phi) is 9.07. The Hall–Kier alpha value is -1.86. The van der Waals surface area contributed by atoms with Crippen LogP contribution in [0.4, 0.5) is 0 Å². The largest absolute Gasteiger partial charge is 0.384 e. The third kappa shape index (κ3) is 7.27. The molecule has 0 aliphatic carbocycles. The van der Waals surface area contributed by atoms with Gasteiger partial charge in [0.05, 0.1) is 0 Å². The Morgan fingerprint density at radius 2 is 1.60 bits per heavy atom. The molecule has 1 heteroatoms. The van der Waals surface area contributed by atoms with Crippen molar-refractivity contribution in [2.45, 2.75) is 45.4 Å². The van der Waals surface area contributed by atoms with Gasteiger partial charge in [-0.25, -0.2) is 0 Å². The highest BCUT2D eigenvalue weighted by Crippen LogP contribution is 2.28. The number of allylic oxidation sites excluding steroid dienone is 1. The van der Waals surface area contributed by atoms with Crippen LogP contribution in [0.5, 0.6) is 0 Å². The molecular weight excluding hydrogens is 304 g/mol. The maximum Gasteiger partial charge on any atom is 0.0493 e. The first-order chi connectivity index (χ1) is 12.3. The minimum atomic E-state index is 0.581. The van der Waals surface area contributed by atoms with Crippen LogP contribution in [0.3, 0.4) is 0 Å². The molecule has 0 bridgehead atoms. The molecule has 0 aliphatic heterocycles. The van der Waals surface area contributed by atoms with Gasteiger partial charge in [0.15, 0.2) is 0 Å². The Bertz CT molecular complexity index is 601. The summed E-state index contributed by atoms with van der Waals surface area (Å²) in [5.41, 5.74) is 3.99. The van der Waals surface area contributed by atoms with Crippen molar-refractivity contribution < 1.29 is 4.74 Å². The molecule has 0 N–H and O–H groups in total. The summed E-state index contributed by atoms with van der Waals surface area (Å²) in [5.74, 6) is 0.581. The summed E-state index contributed by atoms with van der Waals surface area (Å²) in [6, 6.07) is 21.4. The van der Waals surface area contributed by atoms with E-state index in [9.17, 15) is 0 Å². The monoisotopic (exact) mass is 336 g/mol. The van der Waals surface area contributed by atoms with E-state index < -0.39 is 0 Å². The van der Waals surface area contributed by atoms with Gasteiger partial charge in [0, 0.05) is 13.7 Å². The van der Waals surface area contributed by atoms with Gasteiger partial charge in [-0.05, 0) is 35.5 Å². The lowest BCUT2D eigenvalue weighted by Crippen LogP contribution is -2.09. The van der Waals surface area contributed by atoms with Crippen LogP contribution >= 0.6 is 0 Å². The third-order valence-corrected chi connectivity index (χ3v) is 4.66. The summed E-state index contributed by atoms with van der Waals surface area (Å²) < 4.78 is 5.52. The van der Waals surface area contributed by atoms with E-state index in [4.69, 9.17) is 4.74 Å². The fourth-order valence-electron chi connectivity index (χ4n) is 3.31. The molecule has 2 aromatic rings. The van der Waals surface area contributed by atoms with Gasteiger partial charge in [-0.15, -0.1) is 0 Å². The van der Waals surface area contributed by atoms with E-state index in [1.165, 1.54) is 48.8 Å². The lowest BCUT2D eigenvalue weighted by Gasteiger charge is -2.19. The predicted molar refractivity (Wildman–Crippen MR) is 109 cm³/mol. The molecule has 1 unspecified atom stereocenters. The number of hydrogen-bond donors (Lipinski definition) is 0. The van der Waals surface area contributed by atoms with Crippen molar-refractivity contribution in [2.75, 3.05) is 13.7 Å². The van der Waals surface area contributed by atoms with Crippen molar-refractivity contribution in [1.29, 1.82) is 0 Å². The van der Waals surface area contributed by atoms with Crippen LogP contribution in [0.1, 0.15) is 56.6 Å². The average molecular weight is 337 g/mol. The number of hydrogen-bond acceptors (Lipinski definition) is 1. The predicted octanol–water partition coefficient (Wildman–Crippen LogP) is 6.85. The SMILES string of the molecule is CCCCCCC(COC)CC(=Cc1ccccc1)c1ccccc1. The van der Waals surface area contributed by atoms with E-state index in [1.54, 1.807) is 0 Å². The van der Waals surface area contributed by atoms with Crippen LogP contribution in [0.25, 0.3) is 11.6 Å². The molecular formula is C24H32O. The minimum absolute atomic E-state index is 0.581. The molecule has 0 fully saturated rings. The summed E-state index contributed by atoms with van der Waals surface area (Å²) in [6.45, 7) is 3.10. The molecule has 0 saturated carbocycles. The molecule has 0 saturated heterocycles. The van der Waals surface area contributed by atoms with Gasteiger partial charge >= 0.3 is 0 Å². The second kappa shape index (κ2) is 11.7. The minimum Gasteiger partial charge on any atom is -0.384 e. The highest BCUT2D eigenvalue weighted by molar-refractivity contribution is 5.81. The normalized spacial score (nSPS) is 13.0. The van der Waals surface area contributed by atoms with Crippen LogP contribution in [0.2, 0.25) is 0 Å². The van der Waals surface area contributed by atoms with E-state index in [0.29, 0.717) is 5.92 Å². The molecule has 0 radical (unpaired) electrons. The van der Waals surface area contributed by atoms with E-state index >= 15 is 0 Å². The molecule has 25 heavy (non-hydrogen) atoms. The molecule has 2 rings (SSSR count). The van der Waals surface area contributed by atoms with Gasteiger partial charge in [0.25, 0.3) is 0 Å². The summed E-state index contributed by atoms with van der Waals surface area (Å²) in [5, 5.41) is 0. The highest BCUT2D eigenvalue weighted by Gasteiger charge is 2.13. The lowest BCUT2D eigenvalue weighted by atomic mass is 9.89. The molecule has 0 aromatic heterocycles. The quantitative estimate of drug-likeness (QED) is 0.322. The van der Waals surface area contributed by atoms with Crippen LogP contribution in [-0.2, 0) is 4.74 Å². The van der Waals surface area contributed by atoms with Gasteiger partial charge in [0.1, 0.15) is 0 Å². The zero-order valence-electron chi connectivity index (χ0n) is 15.8. The van der Waals surface area contributed by atoms with Gasteiger partial charge in [-0.1, -0.05) is 99.3 Å². The van der Waals surface area contributed by atoms with Gasteiger partial charge in [-0.3, -0.25) is 0 Å². The Labute approximate surface area is 153 Å². The smallest absolute Gasteiger partial charge is 0.0493 e. The van der Waals surface area contributed by atoms with Crippen LogP contribution in [0.15, 0.2) is 60.7 Å². The first-order valence-corrected chi connectivity index (χ1v) is 9.63. The first kappa shape index (κ1) is 19.5. The zero-order valence-corrected chi connectivity index (χ0v) is 15.8. The van der Waals surface area contributed by atoms with Crippen molar-refractivity contribution in [3.63, 3.8) is 0 Å². The summed E-state index contributed by atoms with van der Waals surface area (Å²) >= 11 is 0. The topological polar surface area (TPSA) is 9.23 Å². The van der Waals surface area contributed by atoms with E-state index in [0.717, 1.165) is 13.0 Å². The maximum absolute atomic E-state index is 5.52. The number of unbranched alkanes of at least 4 members (excludes halogenated alkanes) is 3. The van der Waals surface area contributed by atoms with Crippen LogP contribution in [-0.4, -0.2) is 13.7 Å². The molecule has 2 aromatic carbocycles. The summed E-state index contributed by atoms with van der Waals surface area (Å²) in [7, 11) is 1.82. The van der Waals surface area contributed by atoms with E-state index in [2.05, 4.69) is 73.7 Å². The standard InChI is InChI=1S/C24H32O/c1-3-4-5-8-15-22(20-25-2)19-24(23-16-11-7-12-17-23)18-21-13-9-6-10-14-21/h6-7,9-14,16-18,22H,3-5,8,15,19-20H2,1-2H3. The molecule has 0 heterocycles. The van der Waals surface area contributed by atoms with Crippen molar-refractivity contribution >= 4 is 11.6 Å². The van der Waals surface area contributed by atoms with E-state index in [1.807, 2.05) is 7.11 Å². The number of rotatable bonds is 11. The second-order valence-electron chi connectivity index (χ2n) is 6.82. The Balaban J connectivity index is 2.14. The molecule has 1 atom stereocenters. The highest BCUT2D eigenvalue weighted by atomic mass is 16.5. The molecule has 134 valence electrons. The van der Waals surface area contributed by atoms with Crippen molar-refractivity contribution in [1.82, 2.24) is 0 Å². The third-order valence-electron chi connectivity index (χ3n) is 4.66. The fourth-order valence-corrected chi connectivity index (χ4v) is 3.31. The Morgan fingerprint density at radius 1 is 0.920 bits per heavy atom. The lowest BCUT2D eigenvalue weighted by molar-refractivity contribution is 0.148. The molecule has 0 aliphatic rings. The maximum atomic E-state index is 5.52. The fraction of sp³-hybridized carbons (Fsp3) is 0.417. The molecule has 0 amide bonds. The molecule has 1 nitrogen and oxygen atoms in total. The summed E-state index contributed by atoms with van der Waals surface area (Å²) in [4.78, 5) is 0. The van der Waals surface area contributed by atoms with E-state index in [-0.39, 0.29) is 0 Å².